The van der Waals surface area contributed by atoms with Crippen molar-refractivity contribution in [3.8, 4) is 11.3 Å². The summed E-state index contributed by atoms with van der Waals surface area (Å²) in [4.78, 5) is 0. The molecule has 78 valence electrons. The number of nitrogen functional groups attached to an aromatic ring is 1. The molecule has 2 rings (SSSR count). The molecule has 2 aromatic rings. The number of nitrogens with two attached hydrogens (primary N) is 1. The zero-order chi connectivity index (χ0) is 10.8. The summed E-state index contributed by atoms with van der Waals surface area (Å²) >= 11 is 0. The highest BCUT2D eigenvalue weighted by atomic mass is 19.3. The summed E-state index contributed by atoms with van der Waals surface area (Å²) in [6, 6.07) is 7.51. The number of hydrogen-bond donors (Lipinski definition) is 1. The van der Waals surface area contributed by atoms with Gasteiger partial charge < -0.3 is 10.3 Å². The topological polar surface area (TPSA) is 52.0 Å². The van der Waals surface area contributed by atoms with E-state index in [0.717, 1.165) is 0 Å². The predicted octanol–water partition coefficient (Wildman–Crippen LogP) is 2.86. The van der Waals surface area contributed by atoms with Crippen LogP contribution in [-0.2, 0) is 0 Å². The molecule has 0 aliphatic carbocycles. The van der Waals surface area contributed by atoms with Crippen LogP contribution in [0, 0.1) is 0 Å². The Morgan fingerprint density at radius 1 is 1.27 bits per heavy atom. The van der Waals surface area contributed by atoms with Gasteiger partial charge in [-0.25, -0.2) is 8.78 Å². The fraction of sp³-hybridized carbons (Fsp3) is 0.100. The first-order valence-corrected chi connectivity index (χ1v) is 4.28. The molecule has 1 aromatic carbocycles. The molecule has 15 heavy (non-hydrogen) atoms. The molecule has 5 heteroatoms. The molecule has 0 spiro atoms. The van der Waals surface area contributed by atoms with Crippen LogP contribution in [0.3, 0.4) is 0 Å². The lowest BCUT2D eigenvalue weighted by Crippen LogP contribution is -1.88. The van der Waals surface area contributed by atoms with Crippen LogP contribution in [0.2, 0.25) is 0 Å². The van der Waals surface area contributed by atoms with Gasteiger partial charge in [-0.1, -0.05) is 29.4 Å². The van der Waals surface area contributed by atoms with Gasteiger partial charge in [0.05, 0.1) is 0 Å². The van der Waals surface area contributed by atoms with Gasteiger partial charge in [-0.3, -0.25) is 0 Å². The zero-order valence-electron chi connectivity index (χ0n) is 7.65. The van der Waals surface area contributed by atoms with Gasteiger partial charge in [0.1, 0.15) is 0 Å². The molecule has 3 nitrogen and oxygen atoms in total. The van der Waals surface area contributed by atoms with Crippen molar-refractivity contribution in [3.05, 3.63) is 35.9 Å². The number of alkyl halides is 2. The van der Waals surface area contributed by atoms with E-state index in [9.17, 15) is 8.78 Å². The predicted molar refractivity (Wildman–Crippen MR) is 51.3 cm³/mol. The lowest BCUT2D eigenvalue weighted by Gasteiger charge is -2.04. The molecule has 0 radical (unpaired) electrons. The summed E-state index contributed by atoms with van der Waals surface area (Å²) in [6.07, 6.45) is -2.55. The van der Waals surface area contributed by atoms with Crippen molar-refractivity contribution in [2.24, 2.45) is 0 Å². The standard InChI is InChI=1S/C10H8F2N2O/c11-10(12)7-4-2-1-3-6(7)8-5-9(13)14-15-8/h1-5,10H,(H2,13,14). The first-order valence-electron chi connectivity index (χ1n) is 4.28. The summed E-state index contributed by atoms with van der Waals surface area (Å²) in [5, 5.41) is 3.45. The van der Waals surface area contributed by atoms with Crippen LogP contribution >= 0.6 is 0 Å². The molecule has 2 N–H and O–H groups in total. The Hall–Kier alpha value is -1.91. The number of hydrogen-bond acceptors (Lipinski definition) is 3. The lowest BCUT2D eigenvalue weighted by molar-refractivity contribution is 0.152. The van der Waals surface area contributed by atoms with Crippen LogP contribution in [0.5, 0.6) is 0 Å². The van der Waals surface area contributed by atoms with E-state index in [1.54, 1.807) is 18.2 Å². The smallest absolute Gasteiger partial charge is 0.264 e. The number of benzene rings is 1. The molecule has 1 aromatic heterocycles. The average molecular weight is 210 g/mol. The van der Waals surface area contributed by atoms with Crippen LogP contribution < -0.4 is 5.73 Å². The van der Waals surface area contributed by atoms with Crippen molar-refractivity contribution in [1.82, 2.24) is 5.16 Å². The normalized spacial score (nSPS) is 10.9. The maximum absolute atomic E-state index is 12.6. The minimum atomic E-state index is -2.55. The third kappa shape index (κ3) is 1.81. The van der Waals surface area contributed by atoms with Gasteiger partial charge >= 0.3 is 0 Å². The van der Waals surface area contributed by atoms with Crippen molar-refractivity contribution in [1.29, 1.82) is 0 Å². The van der Waals surface area contributed by atoms with Gasteiger partial charge in [-0.15, -0.1) is 0 Å². The van der Waals surface area contributed by atoms with E-state index in [4.69, 9.17) is 10.3 Å². The highest BCUT2D eigenvalue weighted by Crippen LogP contribution is 2.31. The average Bonchev–Trinajstić information content (AvgIpc) is 2.65. The van der Waals surface area contributed by atoms with Crippen molar-refractivity contribution >= 4 is 5.82 Å². The van der Waals surface area contributed by atoms with Gasteiger partial charge in [0.2, 0.25) is 0 Å². The van der Waals surface area contributed by atoms with Crippen LogP contribution in [0.25, 0.3) is 11.3 Å². The van der Waals surface area contributed by atoms with Crippen molar-refractivity contribution in [2.75, 3.05) is 5.73 Å². The Morgan fingerprint density at radius 2 is 2.00 bits per heavy atom. The van der Waals surface area contributed by atoms with E-state index >= 15 is 0 Å². The number of nitrogens with zero attached hydrogens (tertiary/aromatic N) is 1. The first kappa shape index (κ1) is 9.64. The number of anilines is 1. The first-order chi connectivity index (χ1) is 7.18. The van der Waals surface area contributed by atoms with Gasteiger partial charge in [0.15, 0.2) is 11.6 Å². The minimum Gasteiger partial charge on any atom is -0.381 e. The minimum absolute atomic E-state index is 0.0892. The largest absolute Gasteiger partial charge is 0.381 e. The lowest BCUT2D eigenvalue weighted by atomic mass is 10.1. The Balaban J connectivity index is 2.52. The fourth-order valence-electron chi connectivity index (χ4n) is 1.33. The van der Waals surface area contributed by atoms with E-state index in [1.165, 1.54) is 12.1 Å². The van der Waals surface area contributed by atoms with Crippen LogP contribution in [0.1, 0.15) is 12.0 Å². The maximum Gasteiger partial charge on any atom is 0.264 e. The van der Waals surface area contributed by atoms with E-state index in [2.05, 4.69) is 5.16 Å². The summed E-state index contributed by atoms with van der Waals surface area (Å²) in [5.41, 5.74) is 5.58. The van der Waals surface area contributed by atoms with Crippen LogP contribution in [0.15, 0.2) is 34.9 Å². The number of aromatic nitrogens is 1. The van der Waals surface area contributed by atoms with Gasteiger partial charge in [-0.05, 0) is 0 Å². The quantitative estimate of drug-likeness (QED) is 0.829. The second-order valence-corrected chi connectivity index (χ2v) is 3.00. The van der Waals surface area contributed by atoms with E-state index in [-0.39, 0.29) is 17.1 Å². The zero-order valence-corrected chi connectivity index (χ0v) is 7.65. The second-order valence-electron chi connectivity index (χ2n) is 3.00. The number of halogens is 2. The van der Waals surface area contributed by atoms with E-state index in [1.807, 2.05) is 0 Å². The maximum atomic E-state index is 12.6. The Morgan fingerprint density at radius 3 is 2.60 bits per heavy atom. The summed E-state index contributed by atoms with van der Waals surface area (Å²) in [6.45, 7) is 0. The van der Waals surface area contributed by atoms with E-state index in [0.29, 0.717) is 5.56 Å². The van der Waals surface area contributed by atoms with E-state index < -0.39 is 6.43 Å². The molecule has 1 heterocycles. The SMILES string of the molecule is Nc1cc(-c2ccccc2C(F)F)on1. The van der Waals surface area contributed by atoms with Crippen LogP contribution in [-0.4, -0.2) is 5.16 Å². The fourth-order valence-corrected chi connectivity index (χ4v) is 1.33. The molecular formula is C10H8F2N2O. The molecule has 0 fully saturated rings. The Labute approximate surface area is 84.5 Å². The molecule has 0 bridgehead atoms. The Bertz CT molecular complexity index is 468. The highest BCUT2D eigenvalue weighted by Gasteiger charge is 2.16. The molecule has 0 saturated carbocycles. The summed E-state index contributed by atoms with van der Waals surface area (Å²) < 4.78 is 30.1. The summed E-state index contributed by atoms with van der Waals surface area (Å²) in [7, 11) is 0. The molecule has 0 amide bonds. The van der Waals surface area contributed by atoms with Gasteiger partial charge in [0, 0.05) is 17.2 Å². The van der Waals surface area contributed by atoms with Gasteiger partial charge in [0.25, 0.3) is 6.43 Å². The second kappa shape index (κ2) is 3.68. The molecule has 0 unspecified atom stereocenters. The Kier molecular flexibility index (Phi) is 2.37. The third-order valence-electron chi connectivity index (χ3n) is 1.99. The molecule has 0 aliphatic heterocycles. The molecule has 0 saturated heterocycles. The molecule has 0 atom stereocenters. The van der Waals surface area contributed by atoms with Gasteiger partial charge in [-0.2, -0.15) is 0 Å². The molecular weight excluding hydrogens is 202 g/mol. The highest BCUT2D eigenvalue weighted by molar-refractivity contribution is 5.64. The monoisotopic (exact) mass is 210 g/mol. The van der Waals surface area contributed by atoms with Crippen molar-refractivity contribution < 1.29 is 13.3 Å². The number of rotatable bonds is 2. The third-order valence-corrected chi connectivity index (χ3v) is 1.99. The van der Waals surface area contributed by atoms with Crippen LogP contribution in [0.4, 0.5) is 14.6 Å². The molecule has 0 aliphatic rings. The summed E-state index contributed by atoms with van der Waals surface area (Å²) in [5.74, 6) is 0.428. The van der Waals surface area contributed by atoms with Crippen molar-refractivity contribution in [2.45, 2.75) is 6.43 Å². The van der Waals surface area contributed by atoms with Crippen molar-refractivity contribution in [3.63, 3.8) is 0 Å².